The van der Waals surface area contributed by atoms with Gasteiger partial charge in [-0.15, -0.1) is 12.4 Å². The molecule has 0 unspecified atom stereocenters. The van der Waals surface area contributed by atoms with Crippen molar-refractivity contribution < 1.29 is 13.9 Å². The second-order valence-corrected chi connectivity index (χ2v) is 9.44. The highest BCUT2D eigenvalue weighted by Crippen LogP contribution is 2.38. The SMILES string of the molecule is Cc1[nH]c(C=C2C(=O)Nc3ncnc(Nc4ccc(F)c(Cl)c4)c32)c(C)c1CCCN1CCOCC1.Cl. The number of fused-ring (bicyclic) bond motifs is 1. The molecule has 37 heavy (non-hydrogen) atoms. The number of aromatic amines is 1. The molecule has 3 aromatic rings. The Morgan fingerprint density at radius 2 is 2.03 bits per heavy atom. The van der Waals surface area contributed by atoms with Gasteiger partial charge in [-0.3, -0.25) is 9.69 Å². The number of hydrogen-bond donors (Lipinski definition) is 3. The van der Waals surface area contributed by atoms with Crippen molar-refractivity contribution in [3.63, 3.8) is 0 Å². The predicted molar refractivity (Wildman–Crippen MR) is 146 cm³/mol. The summed E-state index contributed by atoms with van der Waals surface area (Å²) >= 11 is 5.93. The lowest BCUT2D eigenvalue weighted by molar-refractivity contribution is -0.110. The minimum atomic E-state index is -0.508. The summed E-state index contributed by atoms with van der Waals surface area (Å²) in [6.45, 7) is 8.76. The van der Waals surface area contributed by atoms with Crippen molar-refractivity contribution >= 4 is 58.9 Å². The van der Waals surface area contributed by atoms with Gasteiger partial charge in [0, 0.05) is 30.2 Å². The van der Waals surface area contributed by atoms with Gasteiger partial charge in [0.05, 0.1) is 29.4 Å². The second-order valence-electron chi connectivity index (χ2n) is 9.04. The van der Waals surface area contributed by atoms with Crippen molar-refractivity contribution in [2.45, 2.75) is 26.7 Å². The molecule has 2 aromatic heterocycles. The van der Waals surface area contributed by atoms with Gasteiger partial charge in [-0.1, -0.05) is 11.6 Å². The van der Waals surface area contributed by atoms with Crippen molar-refractivity contribution in [3.8, 4) is 0 Å². The van der Waals surface area contributed by atoms with Crippen molar-refractivity contribution in [2.75, 3.05) is 43.5 Å². The molecule has 196 valence electrons. The molecule has 1 fully saturated rings. The predicted octanol–water partition coefficient (Wildman–Crippen LogP) is 5.14. The van der Waals surface area contributed by atoms with Gasteiger partial charge >= 0.3 is 0 Å². The summed E-state index contributed by atoms with van der Waals surface area (Å²) in [6.07, 6.45) is 5.23. The molecule has 0 bridgehead atoms. The molecular formula is C26H29Cl2FN6O2. The third kappa shape index (κ3) is 5.80. The molecule has 2 aliphatic rings. The third-order valence-electron chi connectivity index (χ3n) is 6.70. The van der Waals surface area contributed by atoms with E-state index in [9.17, 15) is 9.18 Å². The number of nitrogens with one attached hydrogen (secondary N) is 3. The van der Waals surface area contributed by atoms with Gasteiger partial charge in [0.2, 0.25) is 0 Å². The highest BCUT2D eigenvalue weighted by atomic mass is 35.5. The van der Waals surface area contributed by atoms with E-state index in [1.165, 1.54) is 24.0 Å². The number of H-pyrrole nitrogens is 1. The Bertz CT molecular complexity index is 1340. The second kappa shape index (κ2) is 11.6. The van der Waals surface area contributed by atoms with Crippen LogP contribution in [0.5, 0.6) is 0 Å². The topological polar surface area (TPSA) is 95.2 Å². The molecule has 0 spiro atoms. The van der Waals surface area contributed by atoms with E-state index in [4.69, 9.17) is 16.3 Å². The molecule has 4 heterocycles. The molecule has 1 aromatic carbocycles. The van der Waals surface area contributed by atoms with Crippen LogP contribution in [-0.4, -0.2) is 58.6 Å². The minimum Gasteiger partial charge on any atom is -0.379 e. The Hall–Kier alpha value is -2.98. The molecule has 0 saturated carbocycles. The highest BCUT2D eigenvalue weighted by Gasteiger charge is 2.30. The summed E-state index contributed by atoms with van der Waals surface area (Å²) in [5.41, 5.74) is 5.94. The normalized spacial score (nSPS) is 16.4. The van der Waals surface area contributed by atoms with E-state index in [1.54, 1.807) is 6.07 Å². The van der Waals surface area contributed by atoms with Crippen LogP contribution in [0.25, 0.3) is 11.6 Å². The zero-order valence-corrected chi connectivity index (χ0v) is 22.2. The van der Waals surface area contributed by atoms with Crippen LogP contribution in [0.1, 0.15) is 34.5 Å². The molecule has 1 saturated heterocycles. The highest BCUT2D eigenvalue weighted by molar-refractivity contribution is 6.35. The first kappa shape index (κ1) is 27.1. The summed E-state index contributed by atoms with van der Waals surface area (Å²) in [4.78, 5) is 27.4. The van der Waals surface area contributed by atoms with E-state index >= 15 is 0 Å². The maximum atomic E-state index is 13.6. The van der Waals surface area contributed by atoms with Crippen LogP contribution < -0.4 is 10.6 Å². The molecule has 5 rings (SSSR count). The fraction of sp³-hybridized carbons (Fsp3) is 0.346. The lowest BCUT2D eigenvalue weighted by atomic mass is 10.0. The summed E-state index contributed by atoms with van der Waals surface area (Å²) in [5, 5.41) is 5.95. The Morgan fingerprint density at radius 3 is 2.78 bits per heavy atom. The van der Waals surface area contributed by atoms with Crippen molar-refractivity contribution in [1.29, 1.82) is 0 Å². The van der Waals surface area contributed by atoms with Crippen molar-refractivity contribution in [3.05, 3.63) is 63.4 Å². The quantitative estimate of drug-likeness (QED) is 0.355. The minimum absolute atomic E-state index is 0. The first-order chi connectivity index (χ1) is 17.4. The van der Waals surface area contributed by atoms with Crippen LogP contribution in [0.4, 0.5) is 21.7 Å². The summed E-state index contributed by atoms with van der Waals surface area (Å²) < 4.78 is 19.0. The van der Waals surface area contributed by atoms with Crippen LogP contribution in [0.2, 0.25) is 5.02 Å². The number of carbonyl (C=O) groups is 1. The lowest BCUT2D eigenvalue weighted by Gasteiger charge is -2.26. The Morgan fingerprint density at radius 1 is 1.24 bits per heavy atom. The number of benzene rings is 1. The van der Waals surface area contributed by atoms with Gasteiger partial charge in [-0.05, 0) is 68.6 Å². The number of rotatable bonds is 7. The third-order valence-corrected chi connectivity index (χ3v) is 6.99. The van der Waals surface area contributed by atoms with E-state index < -0.39 is 5.82 Å². The standard InChI is InChI=1S/C26H28ClFN6O2.ClH/c1-15-18(4-3-7-34-8-10-36-11-9-34)16(2)31-22(15)13-19-23-24(29-14-30-25(23)33-26(19)35)32-17-5-6-21(28)20(27)12-17;/h5-6,12-14,31H,3-4,7-11H2,1-2H3,(H2,29,30,32,33,35);1H. The number of morpholine rings is 1. The van der Waals surface area contributed by atoms with Crippen LogP contribution >= 0.6 is 24.0 Å². The fourth-order valence-corrected chi connectivity index (χ4v) is 4.93. The molecule has 1 amide bonds. The van der Waals surface area contributed by atoms with Crippen molar-refractivity contribution in [2.24, 2.45) is 0 Å². The first-order valence-electron chi connectivity index (χ1n) is 12.0. The maximum Gasteiger partial charge on any atom is 0.257 e. The number of anilines is 3. The van der Waals surface area contributed by atoms with Gasteiger partial charge in [0.15, 0.2) is 0 Å². The molecular weight excluding hydrogens is 518 g/mol. The molecule has 11 heteroatoms. The molecule has 2 aliphatic heterocycles. The first-order valence-corrected chi connectivity index (χ1v) is 12.4. The van der Waals surface area contributed by atoms with Crippen molar-refractivity contribution in [1.82, 2.24) is 19.9 Å². The smallest absolute Gasteiger partial charge is 0.257 e. The van der Waals surface area contributed by atoms with Crippen LogP contribution in [0.15, 0.2) is 24.5 Å². The van der Waals surface area contributed by atoms with Gasteiger partial charge in [0.1, 0.15) is 23.8 Å². The number of carbonyl (C=O) groups excluding carboxylic acids is 1. The number of aryl methyl sites for hydroxylation is 1. The molecule has 8 nitrogen and oxygen atoms in total. The largest absolute Gasteiger partial charge is 0.379 e. The molecule has 0 aliphatic carbocycles. The Kier molecular flexibility index (Phi) is 8.49. The van der Waals surface area contributed by atoms with Gasteiger partial charge in [-0.25, -0.2) is 14.4 Å². The molecule has 0 atom stereocenters. The number of amides is 1. The maximum absolute atomic E-state index is 13.6. The van der Waals surface area contributed by atoms with Crippen LogP contribution in [0, 0.1) is 19.7 Å². The number of nitrogens with zero attached hydrogens (tertiary/aromatic N) is 3. The number of hydrogen-bond acceptors (Lipinski definition) is 6. The number of aromatic nitrogens is 3. The van der Waals surface area contributed by atoms with Crippen LogP contribution in [-0.2, 0) is 16.0 Å². The number of halogens is 3. The zero-order chi connectivity index (χ0) is 25.2. The summed E-state index contributed by atoms with van der Waals surface area (Å²) in [6, 6.07) is 4.31. The fourth-order valence-electron chi connectivity index (χ4n) is 4.75. The van der Waals surface area contributed by atoms with Gasteiger partial charge < -0.3 is 20.4 Å². The van der Waals surface area contributed by atoms with E-state index in [1.807, 2.05) is 6.08 Å². The molecule has 0 radical (unpaired) electrons. The average Bonchev–Trinajstić information content (AvgIpc) is 3.33. The van der Waals surface area contributed by atoms with Gasteiger partial charge in [-0.2, -0.15) is 0 Å². The van der Waals surface area contributed by atoms with E-state index in [0.717, 1.165) is 62.6 Å². The average molecular weight is 547 g/mol. The Balaban J connectivity index is 0.00000320. The monoisotopic (exact) mass is 546 g/mol. The van der Waals surface area contributed by atoms with E-state index in [-0.39, 0.29) is 23.3 Å². The van der Waals surface area contributed by atoms with Crippen LogP contribution in [0.3, 0.4) is 0 Å². The zero-order valence-electron chi connectivity index (χ0n) is 20.7. The molecule has 3 N–H and O–H groups in total. The van der Waals surface area contributed by atoms with E-state index in [2.05, 4.69) is 44.3 Å². The summed E-state index contributed by atoms with van der Waals surface area (Å²) in [7, 11) is 0. The lowest BCUT2D eigenvalue weighted by Crippen LogP contribution is -2.36. The number of ether oxygens (including phenoxy) is 1. The summed E-state index contributed by atoms with van der Waals surface area (Å²) in [5.74, 6) is 0.0830. The Labute approximate surface area is 226 Å². The van der Waals surface area contributed by atoms with E-state index in [0.29, 0.717) is 28.5 Å². The van der Waals surface area contributed by atoms with Gasteiger partial charge in [0.25, 0.3) is 5.91 Å².